The number of aliphatic hydroxyl groups is 1. The molecule has 1 unspecified atom stereocenters. The van der Waals surface area contributed by atoms with Crippen LogP contribution in [0.2, 0.25) is 0 Å². The summed E-state index contributed by atoms with van der Waals surface area (Å²) in [7, 11) is 0. The third-order valence-corrected chi connectivity index (χ3v) is 0.614. The average Bonchev–Trinajstić information content (AvgIpc) is 1.83. The number of azide groups is 1. The van der Waals surface area contributed by atoms with Gasteiger partial charge < -0.3 is 10.8 Å². The second-order valence-electron chi connectivity index (χ2n) is 1.36. The highest BCUT2D eigenvalue weighted by molar-refractivity contribution is 4.61. The first-order valence-corrected chi connectivity index (χ1v) is 2.18. The number of hydrogen-bond acceptors (Lipinski definition) is 3. The zero-order valence-electron chi connectivity index (χ0n) is 4.36. The fourth-order valence-electron chi connectivity index (χ4n) is 0.199. The standard InChI is InChI=1S/C3H8N4O/c4-3(2-8)1-6-7-5/h3,8H,1-2,4H2. The summed E-state index contributed by atoms with van der Waals surface area (Å²) in [6, 6.07) is -0.411. The van der Waals surface area contributed by atoms with Gasteiger partial charge in [0.25, 0.3) is 0 Å². The Balaban J connectivity index is 3.23. The highest BCUT2D eigenvalue weighted by atomic mass is 16.3. The number of aliphatic hydroxyl groups excluding tert-OH is 1. The lowest BCUT2D eigenvalue weighted by Crippen LogP contribution is -2.27. The SMILES string of the molecule is [N-]=[N+]=NCC(N)CO. The Morgan fingerprint density at radius 3 is 2.88 bits per heavy atom. The lowest BCUT2D eigenvalue weighted by atomic mass is 10.3. The number of nitrogens with two attached hydrogens (primary N) is 1. The molecule has 0 aliphatic carbocycles. The van der Waals surface area contributed by atoms with Crippen molar-refractivity contribution in [3.63, 3.8) is 0 Å². The van der Waals surface area contributed by atoms with Crippen molar-refractivity contribution in [1.82, 2.24) is 0 Å². The summed E-state index contributed by atoms with van der Waals surface area (Å²) in [6.07, 6.45) is 0. The van der Waals surface area contributed by atoms with Gasteiger partial charge in [0.05, 0.1) is 6.61 Å². The minimum absolute atomic E-state index is 0.140. The first kappa shape index (κ1) is 7.23. The molecule has 5 heteroatoms. The van der Waals surface area contributed by atoms with E-state index < -0.39 is 6.04 Å². The molecule has 5 nitrogen and oxygen atoms in total. The lowest BCUT2D eigenvalue weighted by Gasteiger charge is -1.99. The smallest absolute Gasteiger partial charge is 0.0583 e. The Morgan fingerprint density at radius 2 is 2.50 bits per heavy atom. The molecule has 46 valence electrons. The highest BCUT2D eigenvalue weighted by Crippen LogP contribution is 1.76. The molecule has 8 heavy (non-hydrogen) atoms. The second-order valence-corrected chi connectivity index (χ2v) is 1.36. The maximum absolute atomic E-state index is 8.25. The van der Waals surface area contributed by atoms with E-state index in [0.29, 0.717) is 0 Å². The summed E-state index contributed by atoms with van der Waals surface area (Å²) in [6.45, 7) is 0.0199. The molecular weight excluding hydrogens is 108 g/mol. The summed E-state index contributed by atoms with van der Waals surface area (Å²) in [5.74, 6) is 0. The van der Waals surface area contributed by atoms with E-state index in [4.69, 9.17) is 16.4 Å². The van der Waals surface area contributed by atoms with Crippen LogP contribution in [0.4, 0.5) is 0 Å². The molecule has 0 aromatic carbocycles. The van der Waals surface area contributed by atoms with Crippen LogP contribution in [0.25, 0.3) is 10.4 Å². The van der Waals surface area contributed by atoms with Gasteiger partial charge in [-0.15, -0.1) is 0 Å². The minimum atomic E-state index is -0.411. The summed E-state index contributed by atoms with van der Waals surface area (Å²) in [4.78, 5) is 2.46. The monoisotopic (exact) mass is 116 g/mol. The predicted octanol–water partition coefficient (Wildman–Crippen LogP) is -0.384. The van der Waals surface area contributed by atoms with Crippen molar-refractivity contribution >= 4 is 0 Å². The van der Waals surface area contributed by atoms with Gasteiger partial charge >= 0.3 is 0 Å². The largest absolute Gasteiger partial charge is 0.395 e. The predicted molar refractivity (Wildman–Crippen MR) is 29.1 cm³/mol. The van der Waals surface area contributed by atoms with Crippen LogP contribution in [0.3, 0.4) is 0 Å². The average molecular weight is 116 g/mol. The van der Waals surface area contributed by atoms with Crippen molar-refractivity contribution in [1.29, 1.82) is 0 Å². The van der Waals surface area contributed by atoms with Crippen LogP contribution in [-0.4, -0.2) is 24.3 Å². The quantitative estimate of drug-likeness (QED) is 0.298. The van der Waals surface area contributed by atoms with Gasteiger partial charge in [0, 0.05) is 17.5 Å². The van der Waals surface area contributed by atoms with Crippen molar-refractivity contribution in [3.05, 3.63) is 10.4 Å². The molecule has 0 aliphatic heterocycles. The third kappa shape index (κ3) is 3.42. The number of hydrogen-bond donors (Lipinski definition) is 2. The van der Waals surface area contributed by atoms with Gasteiger partial charge in [-0.25, -0.2) is 0 Å². The Hall–Kier alpha value is -0.770. The third-order valence-electron chi connectivity index (χ3n) is 0.614. The summed E-state index contributed by atoms with van der Waals surface area (Å²) in [5, 5.41) is 11.4. The molecule has 0 bridgehead atoms. The van der Waals surface area contributed by atoms with Crippen molar-refractivity contribution in [2.24, 2.45) is 10.8 Å². The minimum Gasteiger partial charge on any atom is -0.395 e. The molecule has 0 saturated carbocycles. The molecule has 3 N–H and O–H groups in total. The van der Waals surface area contributed by atoms with Crippen LogP contribution < -0.4 is 5.73 Å². The Bertz CT molecular complexity index is 97.5. The molecule has 0 aliphatic rings. The molecule has 0 amide bonds. The summed E-state index contributed by atoms with van der Waals surface area (Å²) >= 11 is 0. The summed E-state index contributed by atoms with van der Waals surface area (Å²) in [5.41, 5.74) is 12.9. The van der Waals surface area contributed by atoms with Gasteiger partial charge in [-0.1, -0.05) is 5.11 Å². The molecule has 0 spiro atoms. The van der Waals surface area contributed by atoms with E-state index >= 15 is 0 Å². The molecule has 0 radical (unpaired) electrons. The molecule has 1 atom stereocenters. The number of nitrogens with zero attached hydrogens (tertiary/aromatic N) is 3. The van der Waals surface area contributed by atoms with Crippen LogP contribution in [0, 0.1) is 0 Å². The first-order valence-electron chi connectivity index (χ1n) is 2.18. The van der Waals surface area contributed by atoms with Gasteiger partial charge in [0.1, 0.15) is 0 Å². The van der Waals surface area contributed by atoms with Crippen molar-refractivity contribution in [2.75, 3.05) is 13.2 Å². The van der Waals surface area contributed by atoms with Crippen molar-refractivity contribution in [2.45, 2.75) is 6.04 Å². The maximum atomic E-state index is 8.25. The van der Waals surface area contributed by atoms with Crippen LogP contribution >= 0.6 is 0 Å². The van der Waals surface area contributed by atoms with Gasteiger partial charge in [-0.3, -0.25) is 0 Å². The fraction of sp³-hybridized carbons (Fsp3) is 1.00. The van der Waals surface area contributed by atoms with E-state index in [9.17, 15) is 0 Å². The van der Waals surface area contributed by atoms with Crippen LogP contribution in [0.1, 0.15) is 0 Å². The van der Waals surface area contributed by atoms with Gasteiger partial charge in [0.15, 0.2) is 0 Å². The molecular formula is C3H8N4O. The maximum Gasteiger partial charge on any atom is 0.0583 e. The zero-order chi connectivity index (χ0) is 6.41. The van der Waals surface area contributed by atoms with Crippen LogP contribution in [0.15, 0.2) is 5.11 Å². The van der Waals surface area contributed by atoms with Crippen LogP contribution in [-0.2, 0) is 0 Å². The van der Waals surface area contributed by atoms with Crippen LogP contribution in [0.5, 0.6) is 0 Å². The molecule has 0 aromatic rings. The van der Waals surface area contributed by atoms with Crippen molar-refractivity contribution in [3.8, 4) is 0 Å². The lowest BCUT2D eigenvalue weighted by molar-refractivity contribution is 0.268. The normalized spacial score (nSPS) is 12.2. The highest BCUT2D eigenvalue weighted by Gasteiger charge is 1.94. The van der Waals surface area contributed by atoms with E-state index in [1.165, 1.54) is 0 Å². The zero-order valence-corrected chi connectivity index (χ0v) is 4.36. The Labute approximate surface area is 46.7 Å². The first-order chi connectivity index (χ1) is 3.81. The van der Waals surface area contributed by atoms with E-state index in [0.717, 1.165) is 0 Å². The van der Waals surface area contributed by atoms with E-state index in [-0.39, 0.29) is 13.2 Å². The molecule has 0 aromatic heterocycles. The molecule has 0 rings (SSSR count). The van der Waals surface area contributed by atoms with Gasteiger partial charge in [-0.05, 0) is 5.53 Å². The van der Waals surface area contributed by atoms with Crippen molar-refractivity contribution < 1.29 is 5.11 Å². The topological polar surface area (TPSA) is 95.0 Å². The molecule has 0 fully saturated rings. The second kappa shape index (κ2) is 4.39. The summed E-state index contributed by atoms with van der Waals surface area (Å²) < 4.78 is 0. The number of rotatable bonds is 3. The van der Waals surface area contributed by atoms with E-state index in [1.807, 2.05) is 0 Å². The van der Waals surface area contributed by atoms with E-state index in [1.54, 1.807) is 0 Å². The Morgan fingerprint density at radius 1 is 1.88 bits per heavy atom. The van der Waals surface area contributed by atoms with Gasteiger partial charge in [-0.2, -0.15) is 0 Å². The molecule has 0 saturated heterocycles. The van der Waals surface area contributed by atoms with Gasteiger partial charge in [0.2, 0.25) is 0 Å². The molecule has 0 heterocycles. The van der Waals surface area contributed by atoms with E-state index in [2.05, 4.69) is 10.0 Å². The fourth-order valence-corrected chi connectivity index (χ4v) is 0.199. The Kier molecular flexibility index (Phi) is 3.97.